The number of morpholine rings is 1. The third kappa shape index (κ3) is 2.36. The predicted molar refractivity (Wildman–Crippen MR) is 61.0 cm³/mol. The summed E-state index contributed by atoms with van der Waals surface area (Å²) in [6.07, 6.45) is 0. The number of aryl methyl sites for hydroxylation is 1. The molecule has 1 aliphatic rings. The molecule has 1 saturated heterocycles. The summed E-state index contributed by atoms with van der Waals surface area (Å²) in [7, 11) is 0. The molecule has 4 nitrogen and oxygen atoms in total. The number of aromatic nitrogens is 1. The van der Waals surface area contributed by atoms with Crippen LogP contribution in [0.1, 0.15) is 16.6 Å². The Morgan fingerprint density at radius 1 is 1.60 bits per heavy atom. The van der Waals surface area contributed by atoms with E-state index in [-0.39, 0.29) is 0 Å². The minimum atomic E-state index is 0.321. The molecule has 0 aromatic carbocycles. The maximum atomic E-state index is 5.86. The third-order valence-corrected chi connectivity index (χ3v) is 3.83. The van der Waals surface area contributed by atoms with Gasteiger partial charge in [0.1, 0.15) is 0 Å². The van der Waals surface area contributed by atoms with E-state index in [9.17, 15) is 0 Å². The molecule has 1 aromatic heterocycles. The van der Waals surface area contributed by atoms with Crippen LogP contribution in [0.15, 0.2) is 5.51 Å². The largest absolute Gasteiger partial charge is 0.379 e. The quantitative estimate of drug-likeness (QED) is 0.829. The van der Waals surface area contributed by atoms with E-state index < -0.39 is 0 Å². The van der Waals surface area contributed by atoms with Crippen LogP contribution in [0.3, 0.4) is 0 Å². The van der Waals surface area contributed by atoms with E-state index in [1.165, 1.54) is 4.88 Å². The molecule has 1 aliphatic heterocycles. The highest BCUT2D eigenvalue weighted by molar-refractivity contribution is 7.09. The zero-order valence-electron chi connectivity index (χ0n) is 8.98. The zero-order valence-corrected chi connectivity index (χ0v) is 9.80. The summed E-state index contributed by atoms with van der Waals surface area (Å²) in [6.45, 7) is 6.28. The lowest BCUT2D eigenvalue weighted by atomic mass is 10.1. The number of nitrogens with zero attached hydrogens (tertiary/aromatic N) is 2. The summed E-state index contributed by atoms with van der Waals surface area (Å²) in [5.41, 5.74) is 8.87. The minimum absolute atomic E-state index is 0.321. The number of ether oxygens (including phenoxy) is 1. The van der Waals surface area contributed by atoms with E-state index in [1.807, 2.05) is 5.51 Å². The Bertz CT molecular complexity index is 309. The first-order valence-electron chi connectivity index (χ1n) is 5.24. The van der Waals surface area contributed by atoms with Gasteiger partial charge in [0.25, 0.3) is 0 Å². The molecule has 0 saturated carbocycles. The Morgan fingerprint density at radius 3 is 2.87 bits per heavy atom. The standard InChI is InChI=1S/C10H17N3OS/c1-8-10(15-7-12-8)9(6-11)13-2-4-14-5-3-13/h7,9H,2-6,11H2,1H3. The predicted octanol–water partition coefficient (Wildman–Crippen LogP) is 0.784. The van der Waals surface area contributed by atoms with Gasteiger partial charge in [0, 0.05) is 24.5 Å². The van der Waals surface area contributed by atoms with Crippen LogP contribution in [0.2, 0.25) is 0 Å². The highest BCUT2D eigenvalue weighted by Gasteiger charge is 2.23. The molecule has 0 aliphatic carbocycles. The van der Waals surface area contributed by atoms with E-state index in [1.54, 1.807) is 11.3 Å². The van der Waals surface area contributed by atoms with Gasteiger partial charge >= 0.3 is 0 Å². The summed E-state index contributed by atoms with van der Waals surface area (Å²) in [6, 6.07) is 0.321. The van der Waals surface area contributed by atoms with Crippen molar-refractivity contribution < 1.29 is 4.74 Å². The molecule has 0 bridgehead atoms. The Hall–Kier alpha value is -0.490. The zero-order chi connectivity index (χ0) is 10.7. The highest BCUT2D eigenvalue weighted by atomic mass is 32.1. The number of thiazole rings is 1. The first kappa shape index (κ1) is 11.0. The molecule has 0 radical (unpaired) electrons. The molecule has 1 fully saturated rings. The number of hydrogen-bond donors (Lipinski definition) is 1. The van der Waals surface area contributed by atoms with Gasteiger partial charge in [0.2, 0.25) is 0 Å². The van der Waals surface area contributed by atoms with Gasteiger partial charge in [0.05, 0.1) is 30.5 Å². The molecule has 0 spiro atoms. The second kappa shape index (κ2) is 5.03. The Labute approximate surface area is 94.1 Å². The van der Waals surface area contributed by atoms with Crippen molar-refractivity contribution in [2.75, 3.05) is 32.8 Å². The third-order valence-electron chi connectivity index (χ3n) is 2.79. The lowest BCUT2D eigenvalue weighted by molar-refractivity contribution is 0.0184. The van der Waals surface area contributed by atoms with Crippen molar-refractivity contribution in [3.63, 3.8) is 0 Å². The normalized spacial score (nSPS) is 20.4. The molecule has 0 amide bonds. The van der Waals surface area contributed by atoms with Crippen molar-refractivity contribution in [1.82, 2.24) is 9.88 Å². The first-order chi connectivity index (χ1) is 7.33. The van der Waals surface area contributed by atoms with Gasteiger partial charge in [-0.1, -0.05) is 0 Å². The maximum absolute atomic E-state index is 5.86. The van der Waals surface area contributed by atoms with Crippen LogP contribution in [0.5, 0.6) is 0 Å². The van der Waals surface area contributed by atoms with Crippen molar-refractivity contribution in [3.05, 3.63) is 16.1 Å². The maximum Gasteiger partial charge on any atom is 0.0798 e. The topological polar surface area (TPSA) is 51.4 Å². The molecule has 84 valence electrons. The van der Waals surface area contributed by atoms with E-state index in [0.29, 0.717) is 12.6 Å². The minimum Gasteiger partial charge on any atom is -0.379 e. The fraction of sp³-hybridized carbons (Fsp3) is 0.700. The lowest BCUT2D eigenvalue weighted by Crippen LogP contribution is -2.41. The van der Waals surface area contributed by atoms with Crippen LogP contribution in [0, 0.1) is 6.92 Å². The average Bonchev–Trinajstić information content (AvgIpc) is 2.68. The fourth-order valence-corrected chi connectivity index (χ4v) is 2.89. The van der Waals surface area contributed by atoms with E-state index in [4.69, 9.17) is 10.5 Å². The molecule has 15 heavy (non-hydrogen) atoms. The Morgan fingerprint density at radius 2 is 2.33 bits per heavy atom. The SMILES string of the molecule is Cc1ncsc1C(CN)N1CCOCC1. The summed E-state index contributed by atoms with van der Waals surface area (Å²) in [5, 5.41) is 0. The van der Waals surface area contributed by atoms with Crippen LogP contribution in [-0.2, 0) is 4.74 Å². The fourth-order valence-electron chi connectivity index (χ4n) is 1.94. The van der Waals surface area contributed by atoms with E-state index >= 15 is 0 Å². The van der Waals surface area contributed by atoms with Gasteiger partial charge in [-0.05, 0) is 6.92 Å². The second-order valence-corrected chi connectivity index (χ2v) is 4.59. The van der Waals surface area contributed by atoms with Crippen LogP contribution < -0.4 is 5.73 Å². The van der Waals surface area contributed by atoms with Crippen molar-refractivity contribution in [1.29, 1.82) is 0 Å². The molecule has 2 N–H and O–H groups in total. The summed E-state index contributed by atoms with van der Waals surface area (Å²) in [5.74, 6) is 0. The number of nitrogens with two attached hydrogens (primary N) is 1. The van der Waals surface area contributed by atoms with Crippen LogP contribution in [-0.4, -0.2) is 42.7 Å². The summed E-state index contributed by atoms with van der Waals surface area (Å²) in [4.78, 5) is 7.98. The van der Waals surface area contributed by atoms with Crippen molar-refractivity contribution in [2.24, 2.45) is 5.73 Å². The first-order valence-corrected chi connectivity index (χ1v) is 6.12. The highest BCUT2D eigenvalue weighted by Crippen LogP contribution is 2.26. The van der Waals surface area contributed by atoms with Crippen molar-refractivity contribution in [2.45, 2.75) is 13.0 Å². The van der Waals surface area contributed by atoms with Crippen molar-refractivity contribution in [3.8, 4) is 0 Å². The number of rotatable bonds is 3. The Kier molecular flexibility index (Phi) is 3.69. The van der Waals surface area contributed by atoms with Crippen LogP contribution in [0.25, 0.3) is 0 Å². The molecule has 5 heteroatoms. The Balaban J connectivity index is 2.12. The van der Waals surface area contributed by atoms with Gasteiger partial charge in [-0.3, -0.25) is 4.90 Å². The average molecular weight is 227 g/mol. The molecule has 1 unspecified atom stereocenters. The van der Waals surface area contributed by atoms with Crippen LogP contribution in [0.4, 0.5) is 0 Å². The summed E-state index contributed by atoms with van der Waals surface area (Å²) >= 11 is 1.70. The van der Waals surface area contributed by atoms with Gasteiger partial charge in [0.15, 0.2) is 0 Å². The molecular formula is C10H17N3OS. The second-order valence-electron chi connectivity index (χ2n) is 3.70. The van der Waals surface area contributed by atoms with Gasteiger partial charge in [-0.15, -0.1) is 11.3 Å². The van der Waals surface area contributed by atoms with Gasteiger partial charge in [-0.25, -0.2) is 4.98 Å². The lowest BCUT2D eigenvalue weighted by Gasteiger charge is -2.33. The summed E-state index contributed by atoms with van der Waals surface area (Å²) < 4.78 is 5.35. The molecule has 1 aromatic rings. The van der Waals surface area contributed by atoms with Crippen LogP contribution >= 0.6 is 11.3 Å². The van der Waals surface area contributed by atoms with Gasteiger partial charge < -0.3 is 10.5 Å². The molecular weight excluding hydrogens is 210 g/mol. The molecule has 2 rings (SSSR count). The van der Waals surface area contributed by atoms with Gasteiger partial charge in [-0.2, -0.15) is 0 Å². The van der Waals surface area contributed by atoms with E-state index in [0.717, 1.165) is 32.0 Å². The molecule has 2 heterocycles. The monoisotopic (exact) mass is 227 g/mol. The van der Waals surface area contributed by atoms with E-state index in [2.05, 4.69) is 16.8 Å². The smallest absolute Gasteiger partial charge is 0.0798 e. The number of hydrogen-bond acceptors (Lipinski definition) is 5. The molecule has 1 atom stereocenters. The van der Waals surface area contributed by atoms with Crippen molar-refractivity contribution >= 4 is 11.3 Å².